The molecule has 1 saturated heterocycles. The van der Waals surface area contributed by atoms with Gasteiger partial charge in [-0.15, -0.1) is 0 Å². The number of likely N-dealkylation sites (N-methyl/N-ethyl adjacent to an activating group) is 1. The lowest BCUT2D eigenvalue weighted by Gasteiger charge is -2.21. The fourth-order valence-electron chi connectivity index (χ4n) is 4.11. The van der Waals surface area contributed by atoms with Crippen LogP contribution in [-0.4, -0.2) is 56.8 Å². The predicted molar refractivity (Wildman–Crippen MR) is 114 cm³/mol. The van der Waals surface area contributed by atoms with Crippen LogP contribution in [0.1, 0.15) is 51.0 Å². The molecule has 2 aliphatic rings. The molecule has 1 unspecified atom stereocenters. The van der Waals surface area contributed by atoms with Crippen LogP contribution in [0, 0.1) is 0 Å². The highest BCUT2D eigenvalue weighted by Gasteiger charge is 2.22. The summed E-state index contributed by atoms with van der Waals surface area (Å²) in [6, 6.07) is 6.66. The van der Waals surface area contributed by atoms with Crippen LogP contribution in [-0.2, 0) is 6.54 Å². The molecule has 28 heavy (non-hydrogen) atoms. The minimum absolute atomic E-state index is 0.295. The molecule has 1 aliphatic carbocycles. The lowest BCUT2D eigenvalue weighted by Crippen LogP contribution is -2.44. The van der Waals surface area contributed by atoms with Crippen LogP contribution in [0.3, 0.4) is 0 Å². The van der Waals surface area contributed by atoms with E-state index in [4.69, 9.17) is 14.5 Å². The molecular formula is C22H36N4O2. The molecule has 156 valence electrons. The Labute approximate surface area is 169 Å². The largest absolute Gasteiger partial charge is 0.493 e. The van der Waals surface area contributed by atoms with Crippen LogP contribution in [0.2, 0.25) is 0 Å². The van der Waals surface area contributed by atoms with Gasteiger partial charge in [0.2, 0.25) is 0 Å². The number of nitrogens with one attached hydrogen (secondary N) is 2. The Morgan fingerprint density at radius 3 is 2.68 bits per heavy atom. The summed E-state index contributed by atoms with van der Waals surface area (Å²) in [4.78, 5) is 7.24. The van der Waals surface area contributed by atoms with Crippen molar-refractivity contribution in [3.8, 4) is 11.5 Å². The van der Waals surface area contributed by atoms with E-state index in [1.807, 2.05) is 12.1 Å². The van der Waals surface area contributed by atoms with Crippen molar-refractivity contribution < 1.29 is 9.47 Å². The highest BCUT2D eigenvalue weighted by Crippen LogP contribution is 2.35. The summed E-state index contributed by atoms with van der Waals surface area (Å²) in [5, 5.41) is 6.87. The van der Waals surface area contributed by atoms with Gasteiger partial charge in [0.1, 0.15) is 0 Å². The Kier molecular flexibility index (Phi) is 7.83. The lowest BCUT2D eigenvalue weighted by molar-refractivity contribution is 0.198. The molecule has 0 aromatic heterocycles. The summed E-state index contributed by atoms with van der Waals surface area (Å²) in [5.41, 5.74) is 1.07. The summed E-state index contributed by atoms with van der Waals surface area (Å²) in [7, 11) is 3.90. The van der Waals surface area contributed by atoms with Crippen molar-refractivity contribution >= 4 is 5.96 Å². The molecule has 6 heteroatoms. The summed E-state index contributed by atoms with van der Waals surface area (Å²) < 4.78 is 11.9. The number of ether oxygens (including phenoxy) is 2. The number of aliphatic imine (C=N–C) groups is 1. The van der Waals surface area contributed by atoms with Crippen molar-refractivity contribution in [1.29, 1.82) is 0 Å². The van der Waals surface area contributed by atoms with Gasteiger partial charge in [0.25, 0.3) is 0 Å². The number of nitrogens with zero attached hydrogens (tertiary/aromatic N) is 2. The second-order valence-corrected chi connectivity index (χ2v) is 7.83. The third-order valence-electron chi connectivity index (χ3n) is 5.80. The van der Waals surface area contributed by atoms with E-state index in [2.05, 4.69) is 35.6 Å². The molecular weight excluding hydrogens is 352 g/mol. The van der Waals surface area contributed by atoms with E-state index in [0.29, 0.717) is 18.7 Å². The highest BCUT2D eigenvalue weighted by molar-refractivity contribution is 5.79. The molecule has 0 spiro atoms. The first-order valence-corrected chi connectivity index (χ1v) is 10.8. The van der Waals surface area contributed by atoms with Crippen molar-refractivity contribution in [3.05, 3.63) is 23.8 Å². The first-order valence-electron chi connectivity index (χ1n) is 10.8. The van der Waals surface area contributed by atoms with Crippen LogP contribution in [0.5, 0.6) is 11.5 Å². The molecule has 1 aromatic carbocycles. The molecule has 3 rings (SSSR count). The Morgan fingerprint density at radius 1 is 1.18 bits per heavy atom. The normalized spacial score (nSPS) is 21.1. The Balaban J connectivity index is 1.68. The maximum Gasteiger partial charge on any atom is 0.191 e. The average Bonchev–Trinajstić information content (AvgIpc) is 3.36. The topological polar surface area (TPSA) is 58.1 Å². The maximum atomic E-state index is 6.33. The van der Waals surface area contributed by atoms with E-state index in [1.54, 1.807) is 7.11 Å². The SMILES string of the molecule is CCNC(=NCc1cccc(OC)c1OC1CCCC1)NCC1CCCN1C. The summed E-state index contributed by atoms with van der Waals surface area (Å²) in [6.45, 7) is 5.61. The van der Waals surface area contributed by atoms with Crippen molar-refractivity contribution in [2.75, 3.05) is 33.8 Å². The number of methoxy groups -OCH3 is 1. The number of likely N-dealkylation sites (tertiary alicyclic amines) is 1. The van der Waals surface area contributed by atoms with Crippen LogP contribution in [0.15, 0.2) is 23.2 Å². The van der Waals surface area contributed by atoms with Gasteiger partial charge in [-0.2, -0.15) is 0 Å². The van der Waals surface area contributed by atoms with E-state index in [0.717, 1.165) is 49.0 Å². The van der Waals surface area contributed by atoms with Gasteiger partial charge in [0.15, 0.2) is 17.5 Å². The van der Waals surface area contributed by atoms with Gasteiger partial charge in [-0.3, -0.25) is 0 Å². The van der Waals surface area contributed by atoms with Crippen LogP contribution < -0.4 is 20.1 Å². The van der Waals surface area contributed by atoms with Crippen molar-refractivity contribution in [1.82, 2.24) is 15.5 Å². The Bertz CT molecular complexity index is 643. The molecule has 1 atom stereocenters. The number of hydrogen-bond acceptors (Lipinski definition) is 4. The molecule has 2 fully saturated rings. The van der Waals surface area contributed by atoms with E-state index in [1.165, 1.54) is 32.2 Å². The molecule has 1 saturated carbocycles. The molecule has 1 aliphatic heterocycles. The highest BCUT2D eigenvalue weighted by atomic mass is 16.5. The monoisotopic (exact) mass is 388 g/mol. The number of para-hydroxylation sites is 1. The minimum atomic E-state index is 0.295. The van der Waals surface area contributed by atoms with Gasteiger partial charge in [-0.05, 0) is 65.1 Å². The van der Waals surface area contributed by atoms with E-state index in [9.17, 15) is 0 Å². The summed E-state index contributed by atoms with van der Waals surface area (Å²) in [5.74, 6) is 2.51. The standard InChI is InChI=1S/C22H36N4O2/c1-4-23-22(25-16-18-10-8-14-26(18)2)24-15-17-9-7-13-20(27-3)21(17)28-19-11-5-6-12-19/h7,9,13,18-19H,4-6,8,10-12,14-16H2,1-3H3,(H2,23,24,25). The molecule has 0 amide bonds. The van der Waals surface area contributed by atoms with Crippen LogP contribution in [0.25, 0.3) is 0 Å². The zero-order valence-electron chi connectivity index (χ0n) is 17.7. The summed E-state index contributed by atoms with van der Waals surface area (Å²) >= 11 is 0. The quantitative estimate of drug-likeness (QED) is 0.529. The first-order chi connectivity index (χ1) is 13.7. The number of rotatable bonds is 8. The molecule has 0 bridgehead atoms. The zero-order chi connectivity index (χ0) is 19.8. The predicted octanol–water partition coefficient (Wildman–Crippen LogP) is 3.17. The minimum Gasteiger partial charge on any atom is -0.493 e. The van der Waals surface area contributed by atoms with Crippen molar-refractivity contribution in [2.45, 2.75) is 64.1 Å². The Hall–Kier alpha value is -1.95. The average molecular weight is 389 g/mol. The number of benzene rings is 1. The fraction of sp³-hybridized carbons (Fsp3) is 0.682. The number of guanidine groups is 1. The molecule has 2 N–H and O–H groups in total. The Morgan fingerprint density at radius 2 is 2.00 bits per heavy atom. The van der Waals surface area contributed by atoms with Crippen LogP contribution in [0.4, 0.5) is 0 Å². The van der Waals surface area contributed by atoms with E-state index < -0.39 is 0 Å². The van der Waals surface area contributed by atoms with Gasteiger partial charge >= 0.3 is 0 Å². The zero-order valence-corrected chi connectivity index (χ0v) is 17.7. The van der Waals surface area contributed by atoms with Crippen molar-refractivity contribution in [2.24, 2.45) is 4.99 Å². The molecule has 1 aromatic rings. The van der Waals surface area contributed by atoms with E-state index >= 15 is 0 Å². The van der Waals surface area contributed by atoms with Gasteiger partial charge < -0.3 is 25.0 Å². The third kappa shape index (κ3) is 5.53. The van der Waals surface area contributed by atoms with Gasteiger partial charge in [-0.1, -0.05) is 12.1 Å². The molecule has 1 heterocycles. The molecule has 6 nitrogen and oxygen atoms in total. The van der Waals surface area contributed by atoms with Crippen molar-refractivity contribution in [3.63, 3.8) is 0 Å². The summed E-state index contributed by atoms with van der Waals surface area (Å²) in [6.07, 6.45) is 7.57. The van der Waals surface area contributed by atoms with Gasteiger partial charge in [-0.25, -0.2) is 4.99 Å². The fourth-order valence-corrected chi connectivity index (χ4v) is 4.11. The third-order valence-corrected chi connectivity index (χ3v) is 5.80. The number of hydrogen-bond donors (Lipinski definition) is 2. The second-order valence-electron chi connectivity index (χ2n) is 7.83. The first kappa shape index (κ1) is 20.8. The maximum absolute atomic E-state index is 6.33. The van der Waals surface area contributed by atoms with Gasteiger partial charge in [0, 0.05) is 24.7 Å². The van der Waals surface area contributed by atoms with Gasteiger partial charge in [0.05, 0.1) is 19.8 Å². The lowest BCUT2D eigenvalue weighted by atomic mass is 10.1. The second kappa shape index (κ2) is 10.6. The molecule has 0 radical (unpaired) electrons. The van der Waals surface area contributed by atoms with E-state index in [-0.39, 0.29) is 0 Å². The van der Waals surface area contributed by atoms with Crippen LogP contribution >= 0.6 is 0 Å². The smallest absolute Gasteiger partial charge is 0.191 e.